The summed E-state index contributed by atoms with van der Waals surface area (Å²) in [7, 11) is 1.36. The number of thioether (sulfide) groups is 1. The fraction of sp³-hybridized carbons (Fsp3) is 0.485. The minimum absolute atomic E-state index is 0.276. The lowest BCUT2D eigenvalue weighted by molar-refractivity contribution is -0.151. The summed E-state index contributed by atoms with van der Waals surface area (Å²) in [6.07, 6.45) is 8.37. The molecule has 2 aromatic rings. The Balaban J connectivity index is 1.69. The Bertz CT molecular complexity index is 1220. The van der Waals surface area contributed by atoms with Crippen LogP contribution in [0.1, 0.15) is 64.9 Å². The van der Waals surface area contributed by atoms with Gasteiger partial charge in [0.1, 0.15) is 17.7 Å². The number of methoxy groups -OCH3 is 1. The van der Waals surface area contributed by atoms with Crippen molar-refractivity contribution in [3.63, 3.8) is 0 Å². The van der Waals surface area contributed by atoms with Crippen LogP contribution in [0.4, 0.5) is 4.79 Å². The minimum atomic E-state index is -0.795. The molecule has 0 radical (unpaired) electrons. The molecule has 0 unspecified atom stereocenters. The molecule has 220 valence electrons. The Labute approximate surface area is 248 Å². The van der Waals surface area contributed by atoms with E-state index in [2.05, 4.69) is 53.9 Å². The number of nitrogens with zero attached hydrogens (tertiary/aromatic N) is 1. The number of benzene rings is 2. The van der Waals surface area contributed by atoms with Crippen LogP contribution in [-0.2, 0) is 23.8 Å². The van der Waals surface area contributed by atoms with Crippen molar-refractivity contribution in [2.75, 3.05) is 19.4 Å². The quantitative estimate of drug-likeness (QED) is 0.331. The largest absolute Gasteiger partial charge is 0.467 e. The third-order valence-electron chi connectivity index (χ3n) is 7.57. The van der Waals surface area contributed by atoms with E-state index in [1.54, 1.807) is 37.4 Å². The summed E-state index contributed by atoms with van der Waals surface area (Å²) in [5.41, 5.74) is 2.60. The molecule has 2 aliphatic heterocycles. The molecule has 1 N–H and O–H groups in total. The van der Waals surface area contributed by atoms with Crippen LogP contribution in [0.3, 0.4) is 0 Å². The third-order valence-corrected chi connectivity index (χ3v) is 9.02. The van der Waals surface area contributed by atoms with E-state index in [0.717, 1.165) is 48.1 Å². The van der Waals surface area contributed by atoms with Gasteiger partial charge in [-0.2, -0.15) is 0 Å². The van der Waals surface area contributed by atoms with Crippen LogP contribution in [0, 0.1) is 0 Å². The zero-order chi connectivity index (χ0) is 29.5. The number of carbonyl (C=O) groups is 3. The highest BCUT2D eigenvalue weighted by molar-refractivity contribution is 8.00. The summed E-state index contributed by atoms with van der Waals surface area (Å²) in [6, 6.07) is 17.1. The van der Waals surface area contributed by atoms with Crippen molar-refractivity contribution in [2.45, 2.75) is 81.7 Å². The van der Waals surface area contributed by atoms with Gasteiger partial charge in [-0.1, -0.05) is 79.6 Å². The van der Waals surface area contributed by atoms with E-state index in [-0.39, 0.29) is 5.91 Å². The number of nitrogens with one attached hydrogen (secondary N) is 1. The first-order valence-electron chi connectivity index (χ1n) is 14.4. The molecular weight excluding hydrogens is 536 g/mol. The summed E-state index contributed by atoms with van der Waals surface area (Å²) >= 11 is 1.75. The maximum Gasteiger partial charge on any atom is 0.408 e. The normalized spacial score (nSPS) is 23.9. The number of amides is 2. The zero-order valence-corrected chi connectivity index (χ0v) is 25.4. The predicted molar refractivity (Wildman–Crippen MR) is 164 cm³/mol. The second-order valence-electron chi connectivity index (χ2n) is 11.8. The number of carbonyl (C=O) groups excluding carboxylic acids is 3. The van der Waals surface area contributed by atoms with E-state index in [0.29, 0.717) is 19.4 Å². The van der Waals surface area contributed by atoms with E-state index < -0.39 is 34.5 Å². The van der Waals surface area contributed by atoms with Gasteiger partial charge in [0, 0.05) is 12.3 Å². The Morgan fingerprint density at radius 2 is 1.68 bits per heavy atom. The molecule has 2 heterocycles. The lowest BCUT2D eigenvalue weighted by Gasteiger charge is -2.31. The highest BCUT2D eigenvalue weighted by atomic mass is 32.2. The van der Waals surface area contributed by atoms with E-state index in [9.17, 15) is 14.4 Å². The van der Waals surface area contributed by atoms with E-state index in [1.165, 1.54) is 7.11 Å². The van der Waals surface area contributed by atoms with Gasteiger partial charge in [0.15, 0.2) is 0 Å². The van der Waals surface area contributed by atoms with E-state index >= 15 is 0 Å². The number of hydrogen-bond donors (Lipinski definition) is 1. The first kappa shape index (κ1) is 30.7. The highest BCUT2D eigenvalue weighted by Crippen LogP contribution is 2.48. The molecule has 2 bridgehead atoms. The molecule has 0 aliphatic carbocycles. The van der Waals surface area contributed by atoms with Crippen molar-refractivity contribution in [2.24, 2.45) is 0 Å². The number of rotatable bonds is 4. The molecule has 2 amide bonds. The second kappa shape index (κ2) is 13.6. The van der Waals surface area contributed by atoms with Crippen molar-refractivity contribution in [1.29, 1.82) is 0 Å². The molecule has 1 saturated heterocycles. The number of esters is 1. The Hall–Kier alpha value is -3.26. The van der Waals surface area contributed by atoms with Gasteiger partial charge in [0.05, 0.1) is 11.9 Å². The van der Waals surface area contributed by atoms with Gasteiger partial charge in [-0.05, 0) is 63.1 Å². The fourth-order valence-electron chi connectivity index (χ4n) is 5.53. The SMILES string of the molecule is COC(=O)[C@@H]1C[C@@]2(c3ccc(-c4ccccc4)cc3)CN1C(=O)[C@@H](NC(=O)OC(C)(C)C)CCCCCC=CCS2. The monoisotopic (exact) mass is 578 g/mol. The van der Waals surface area contributed by atoms with Gasteiger partial charge < -0.3 is 19.7 Å². The zero-order valence-electron chi connectivity index (χ0n) is 24.6. The highest BCUT2D eigenvalue weighted by Gasteiger charge is 2.51. The lowest BCUT2D eigenvalue weighted by Crippen LogP contribution is -2.52. The van der Waals surface area contributed by atoms with Crippen LogP contribution in [0.25, 0.3) is 11.1 Å². The van der Waals surface area contributed by atoms with Crippen molar-refractivity contribution in [3.05, 3.63) is 72.3 Å². The molecule has 41 heavy (non-hydrogen) atoms. The van der Waals surface area contributed by atoms with Gasteiger partial charge in [-0.25, -0.2) is 9.59 Å². The van der Waals surface area contributed by atoms with E-state index in [4.69, 9.17) is 9.47 Å². The first-order valence-corrected chi connectivity index (χ1v) is 15.4. The number of allylic oxidation sites excluding steroid dienone is 1. The maximum atomic E-state index is 14.1. The number of ether oxygens (including phenoxy) is 2. The van der Waals surface area contributed by atoms with Crippen molar-refractivity contribution in [3.8, 4) is 11.1 Å². The number of alkyl carbamates (subject to hydrolysis) is 1. The fourth-order valence-corrected chi connectivity index (χ4v) is 6.89. The Morgan fingerprint density at radius 1 is 0.976 bits per heavy atom. The van der Waals surface area contributed by atoms with Gasteiger partial charge >= 0.3 is 12.1 Å². The summed E-state index contributed by atoms with van der Waals surface area (Å²) in [4.78, 5) is 41.6. The van der Waals surface area contributed by atoms with Crippen LogP contribution in [0.2, 0.25) is 0 Å². The van der Waals surface area contributed by atoms with Gasteiger partial charge in [-0.15, -0.1) is 11.8 Å². The van der Waals surface area contributed by atoms with Crippen LogP contribution in [0.15, 0.2) is 66.7 Å². The molecule has 0 aromatic heterocycles. The molecule has 3 atom stereocenters. The predicted octanol–water partition coefficient (Wildman–Crippen LogP) is 6.47. The summed E-state index contributed by atoms with van der Waals surface area (Å²) in [6.45, 7) is 5.70. The molecule has 2 aromatic carbocycles. The molecular formula is C33H42N2O5S. The van der Waals surface area contributed by atoms with Crippen LogP contribution in [0.5, 0.6) is 0 Å². The first-order chi connectivity index (χ1) is 19.6. The molecule has 1 fully saturated rings. The topological polar surface area (TPSA) is 84.9 Å². The Kier molecular flexibility index (Phi) is 10.2. The van der Waals surface area contributed by atoms with Crippen molar-refractivity contribution < 1.29 is 23.9 Å². The second-order valence-corrected chi connectivity index (χ2v) is 13.2. The average Bonchev–Trinajstić information content (AvgIpc) is 3.35. The van der Waals surface area contributed by atoms with Crippen LogP contribution < -0.4 is 5.32 Å². The Morgan fingerprint density at radius 3 is 2.37 bits per heavy atom. The van der Waals surface area contributed by atoms with E-state index in [1.807, 2.05) is 18.2 Å². The van der Waals surface area contributed by atoms with Crippen LogP contribution >= 0.6 is 11.8 Å². The molecule has 4 rings (SSSR count). The molecule has 8 heteroatoms. The van der Waals surface area contributed by atoms with Gasteiger partial charge in [-0.3, -0.25) is 4.79 Å². The maximum absolute atomic E-state index is 14.1. The summed E-state index contributed by atoms with van der Waals surface area (Å²) in [5.74, 6) is 0.0375. The standard InChI is InChI=1S/C33H42N2O5S/c1-32(2,3)40-31(38)34-27-16-12-7-5-6-8-13-21-41-33(22-28(30(37)39-4)35(23-33)29(27)36)26-19-17-25(18-20-26)24-14-10-9-11-15-24/h8-11,13-15,17-20,27-28H,5-7,12,16,21-23H2,1-4H3,(H,34,38)/t27-,28-,33-/m0/s1. The lowest BCUT2D eigenvalue weighted by atomic mass is 9.93. The number of hydrogen-bond acceptors (Lipinski definition) is 6. The van der Waals surface area contributed by atoms with Crippen LogP contribution in [-0.4, -0.2) is 60.0 Å². The van der Waals surface area contributed by atoms with Crippen molar-refractivity contribution in [1.82, 2.24) is 10.2 Å². The summed E-state index contributed by atoms with van der Waals surface area (Å²) < 4.78 is 10.2. The molecule has 7 nitrogen and oxygen atoms in total. The third kappa shape index (κ3) is 7.94. The molecule has 2 aliphatic rings. The summed E-state index contributed by atoms with van der Waals surface area (Å²) in [5, 5.41) is 2.82. The number of fused-ring (bicyclic) bond motifs is 2. The average molecular weight is 579 g/mol. The molecule has 0 spiro atoms. The van der Waals surface area contributed by atoms with Gasteiger partial charge in [0.25, 0.3) is 0 Å². The van der Waals surface area contributed by atoms with Crippen molar-refractivity contribution >= 4 is 29.7 Å². The minimum Gasteiger partial charge on any atom is -0.467 e. The molecule has 0 saturated carbocycles. The van der Waals surface area contributed by atoms with Gasteiger partial charge in [0.2, 0.25) is 5.91 Å². The smallest absolute Gasteiger partial charge is 0.408 e.